The molecule has 0 spiro atoms. The number of hydrogen-bond donors (Lipinski definition) is 1. The lowest BCUT2D eigenvalue weighted by Gasteiger charge is -2.08. The van der Waals surface area contributed by atoms with Crippen LogP contribution in [-0.2, 0) is 6.42 Å². The topological polar surface area (TPSA) is 63.6 Å². The Labute approximate surface area is 160 Å². The standard InChI is InChI=1S/C22H19O4P/c23-14-19-13-18(7-10-21(19)24)16-5-8-20(9-6-16)26-22(25)17-3-1-15(2-4-17)11-12-27/h1-10,13-14,24H,11-12,27H2. The van der Waals surface area contributed by atoms with Crippen molar-refractivity contribution in [2.24, 2.45) is 0 Å². The molecule has 27 heavy (non-hydrogen) atoms. The summed E-state index contributed by atoms with van der Waals surface area (Å²) < 4.78 is 5.42. The zero-order chi connectivity index (χ0) is 19.2. The summed E-state index contributed by atoms with van der Waals surface area (Å²) in [5.74, 6) is -0.0248. The van der Waals surface area contributed by atoms with Crippen LogP contribution in [0, 0.1) is 0 Å². The fourth-order valence-electron chi connectivity index (χ4n) is 2.68. The van der Waals surface area contributed by atoms with E-state index in [1.807, 2.05) is 12.1 Å². The highest BCUT2D eigenvalue weighted by atomic mass is 31.0. The van der Waals surface area contributed by atoms with Gasteiger partial charge in [-0.1, -0.05) is 30.3 Å². The largest absolute Gasteiger partial charge is 0.507 e. The van der Waals surface area contributed by atoms with E-state index in [1.165, 1.54) is 11.6 Å². The third-order valence-electron chi connectivity index (χ3n) is 4.18. The Morgan fingerprint density at radius 3 is 2.26 bits per heavy atom. The zero-order valence-corrected chi connectivity index (χ0v) is 15.7. The minimum absolute atomic E-state index is 0.0528. The van der Waals surface area contributed by atoms with Crippen molar-refractivity contribution < 1.29 is 19.4 Å². The van der Waals surface area contributed by atoms with Crippen molar-refractivity contribution in [3.8, 4) is 22.6 Å². The van der Waals surface area contributed by atoms with Gasteiger partial charge in [-0.15, -0.1) is 9.24 Å². The van der Waals surface area contributed by atoms with E-state index in [0.717, 1.165) is 23.7 Å². The van der Waals surface area contributed by atoms with Crippen molar-refractivity contribution >= 4 is 21.5 Å². The van der Waals surface area contributed by atoms with Gasteiger partial charge in [0, 0.05) is 0 Å². The van der Waals surface area contributed by atoms with Gasteiger partial charge in [-0.2, -0.15) is 0 Å². The van der Waals surface area contributed by atoms with E-state index < -0.39 is 5.97 Å². The van der Waals surface area contributed by atoms with E-state index in [9.17, 15) is 14.7 Å². The Kier molecular flexibility index (Phi) is 6.00. The summed E-state index contributed by atoms with van der Waals surface area (Å²) in [4.78, 5) is 23.2. The van der Waals surface area contributed by atoms with Crippen molar-refractivity contribution in [3.63, 3.8) is 0 Å². The number of esters is 1. The molecule has 0 bridgehead atoms. The fourth-order valence-corrected chi connectivity index (χ4v) is 3.02. The first-order chi connectivity index (χ1) is 13.1. The van der Waals surface area contributed by atoms with E-state index in [4.69, 9.17) is 4.74 Å². The lowest BCUT2D eigenvalue weighted by molar-refractivity contribution is 0.0734. The van der Waals surface area contributed by atoms with Gasteiger partial charge in [0.05, 0.1) is 11.1 Å². The van der Waals surface area contributed by atoms with E-state index in [-0.39, 0.29) is 11.3 Å². The van der Waals surface area contributed by atoms with Crippen LogP contribution in [-0.4, -0.2) is 23.5 Å². The number of phenolic OH excluding ortho intramolecular Hbond substituents is 1. The van der Waals surface area contributed by atoms with Gasteiger partial charge in [-0.25, -0.2) is 4.79 Å². The second-order valence-corrected chi connectivity index (χ2v) is 6.62. The average Bonchev–Trinajstić information content (AvgIpc) is 2.70. The second-order valence-electron chi connectivity index (χ2n) is 6.04. The smallest absolute Gasteiger partial charge is 0.343 e. The normalized spacial score (nSPS) is 10.4. The van der Waals surface area contributed by atoms with Gasteiger partial charge in [0.25, 0.3) is 0 Å². The molecule has 0 radical (unpaired) electrons. The van der Waals surface area contributed by atoms with Crippen LogP contribution in [0.1, 0.15) is 26.3 Å². The molecule has 0 amide bonds. The van der Waals surface area contributed by atoms with Crippen molar-refractivity contribution in [3.05, 3.63) is 83.4 Å². The maximum Gasteiger partial charge on any atom is 0.343 e. The molecule has 1 unspecified atom stereocenters. The number of carbonyl (C=O) groups excluding carboxylic acids is 2. The average molecular weight is 378 g/mol. The van der Waals surface area contributed by atoms with Gasteiger partial charge < -0.3 is 9.84 Å². The van der Waals surface area contributed by atoms with Gasteiger partial charge in [-0.05, 0) is 65.7 Å². The van der Waals surface area contributed by atoms with Gasteiger partial charge in [0.15, 0.2) is 6.29 Å². The van der Waals surface area contributed by atoms with E-state index in [0.29, 0.717) is 17.6 Å². The molecule has 1 N–H and O–H groups in total. The molecule has 4 nitrogen and oxygen atoms in total. The van der Waals surface area contributed by atoms with Crippen molar-refractivity contribution in [1.29, 1.82) is 0 Å². The summed E-state index contributed by atoms with van der Waals surface area (Å²) in [5, 5.41) is 9.59. The summed E-state index contributed by atoms with van der Waals surface area (Å²) in [7, 11) is 2.68. The molecule has 3 aromatic rings. The number of rotatable bonds is 6. The molecule has 5 heteroatoms. The molecule has 0 aliphatic carbocycles. The van der Waals surface area contributed by atoms with E-state index in [1.54, 1.807) is 48.5 Å². The number of hydrogen-bond acceptors (Lipinski definition) is 4. The number of aromatic hydroxyl groups is 1. The molecule has 3 rings (SSSR count). The summed E-state index contributed by atoms with van der Waals surface area (Å²) in [6, 6.07) is 19.2. The van der Waals surface area contributed by atoms with E-state index >= 15 is 0 Å². The number of ether oxygens (including phenoxy) is 1. The Morgan fingerprint density at radius 1 is 0.963 bits per heavy atom. The molecule has 0 fully saturated rings. The van der Waals surface area contributed by atoms with Gasteiger partial charge >= 0.3 is 5.97 Å². The minimum atomic E-state index is -0.409. The lowest BCUT2D eigenvalue weighted by atomic mass is 10.0. The summed E-state index contributed by atoms with van der Waals surface area (Å²) >= 11 is 0. The first kappa shape index (κ1) is 18.8. The van der Waals surface area contributed by atoms with Gasteiger partial charge in [0.2, 0.25) is 0 Å². The number of aldehydes is 1. The Balaban J connectivity index is 1.71. The Bertz CT molecular complexity index is 947. The molecule has 3 aromatic carbocycles. The molecule has 0 aliphatic rings. The van der Waals surface area contributed by atoms with Crippen LogP contribution in [0.5, 0.6) is 11.5 Å². The van der Waals surface area contributed by atoms with Crippen LogP contribution in [0.25, 0.3) is 11.1 Å². The number of carbonyl (C=O) groups is 2. The Morgan fingerprint density at radius 2 is 1.63 bits per heavy atom. The first-order valence-electron chi connectivity index (χ1n) is 8.50. The summed E-state index contributed by atoms with van der Waals surface area (Å²) in [6.45, 7) is 0. The third kappa shape index (κ3) is 4.60. The molecule has 0 aromatic heterocycles. The van der Waals surface area contributed by atoms with E-state index in [2.05, 4.69) is 9.24 Å². The first-order valence-corrected chi connectivity index (χ1v) is 9.32. The van der Waals surface area contributed by atoms with Crippen molar-refractivity contribution in [2.45, 2.75) is 6.42 Å². The third-order valence-corrected chi connectivity index (χ3v) is 4.46. The SMILES string of the molecule is O=Cc1cc(-c2ccc(OC(=O)c3ccc(CCP)cc3)cc2)ccc1O. The van der Waals surface area contributed by atoms with Crippen LogP contribution in [0.3, 0.4) is 0 Å². The van der Waals surface area contributed by atoms with Crippen LogP contribution < -0.4 is 4.74 Å². The fraction of sp³-hybridized carbons (Fsp3) is 0.0909. The minimum Gasteiger partial charge on any atom is -0.507 e. The van der Waals surface area contributed by atoms with Gasteiger partial charge in [-0.3, -0.25) is 4.79 Å². The molecule has 0 heterocycles. The van der Waals surface area contributed by atoms with Crippen LogP contribution >= 0.6 is 9.24 Å². The van der Waals surface area contributed by atoms with Crippen molar-refractivity contribution in [1.82, 2.24) is 0 Å². The molecule has 0 saturated heterocycles. The molecule has 0 aliphatic heterocycles. The molecule has 136 valence electrons. The van der Waals surface area contributed by atoms with Crippen LogP contribution in [0.4, 0.5) is 0 Å². The predicted octanol–water partition coefficient (Wildman–Crippen LogP) is 4.51. The zero-order valence-electron chi connectivity index (χ0n) is 14.6. The molecule has 1 atom stereocenters. The monoisotopic (exact) mass is 378 g/mol. The highest BCUT2D eigenvalue weighted by molar-refractivity contribution is 7.16. The van der Waals surface area contributed by atoms with Crippen LogP contribution in [0.15, 0.2) is 66.7 Å². The number of phenols is 1. The number of aryl methyl sites for hydroxylation is 1. The highest BCUT2D eigenvalue weighted by Crippen LogP contribution is 2.27. The number of benzene rings is 3. The quantitative estimate of drug-likeness (QED) is 0.297. The lowest BCUT2D eigenvalue weighted by Crippen LogP contribution is -2.08. The molecular weight excluding hydrogens is 359 g/mol. The summed E-state index contributed by atoms with van der Waals surface area (Å²) in [6.07, 6.45) is 2.54. The van der Waals surface area contributed by atoms with Crippen LogP contribution in [0.2, 0.25) is 0 Å². The molecular formula is C22H19O4P. The Hall–Kier alpha value is -2.97. The van der Waals surface area contributed by atoms with Gasteiger partial charge in [0.1, 0.15) is 11.5 Å². The summed E-state index contributed by atoms with van der Waals surface area (Å²) in [5.41, 5.74) is 3.54. The maximum atomic E-state index is 12.3. The second kappa shape index (κ2) is 8.61. The molecule has 0 saturated carbocycles. The highest BCUT2D eigenvalue weighted by Gasteiger charge is 2.09. The van der Waals surface area contributed by atoms with Crippen molar-refractivity contribution in [2.75, 3.05) is 6.16 Å². The maximum absolute atomic E-state index is 12.3. The predicted molar refractivity (Wildman–Crippen MR) is 109 cm³/mol.